The molecular weight excluding hydrogens is 222 g/mol. The molecule has 0 atom stereocenters. The van der Waals surface area contributed by atoms with Gasteiger partial charge in [-0.3, -0.25) is 0 Å². The number of benzene rings is 1. The molecule has 3 heteroatoms. The smallest absolute Gasteiger partial charge is 0.0647 e. The zero-order valence-corrected chi connectivity index (χ0v) is 11.1. The summed E-state index contributed by atoms with van der Waals surface area (Å²) in [5, 5.41) is 7.70. The van der Waals surface area contributed by atoms with E-state index in [1.54, 1.807) is 6.20 Å². The lowest BCUT2D eigenvalue weighted by Crippen LogP contribution is -2.12. The van der Waals surface area contributed by atoms with Crippen molar-refractivity contribution in [3.63, 3.8) is 0 Å². The molecule has 0 saturated heterocycles. The number of aromatic nitrogens is 2. The molecule has 1 aromatic heterocycles. The van der Waals surface area contributed by atoms with Crippen molar-refractivity contribution < 1.29 is 0 Å². The molecule has 0 amide bonds. The van der Waals surface area contributed by atoms with Gasteiger partial charge in [0.2, 0.25) is 0 Å². The van der Waals surface area contributed by atoms with E-state index in [1.165, 1.54) is 18.5 Å². The van der Waals surface area contributed by atoms with Crippen molar-refractivity contribution >= 4 is 5.69 Å². The Morgan fingerprint density at radius 3 is 2.44 bits per heavy atom. The summed E-state index contributed by atoms with van der Waals surface area (Å²) in [5.41, 5.74) is 2.27. The van der Waals surface area contributed by atoms with Crippen LogP contribution in [0.15, 0.2) is 42.7 Å². The normalized spacial score (nSPS) is 10.8. The van der Waals surface area contributed by atoms with Gasteiger partial charge in [-0.2, -0.15) is 5.10 Å². The van der Waals surface area contributed by atoms with Gasteiger partial charge < -0.3 is 5.32 Å². The standard InChI is InChI=1S/C15H21N3/c1-3-13(4-2)12-16-14-6-8-15(9-7-14)18-11-5-10-17-18/h5-11,13,16H,3-4,12H2,1-2H3. The molecule has 0 spiro atoms. The van der Waals surface area contributed by atoms with Gasteiger partial charge in [0.1, 0.15) is 0 Å². The van der Waals surface area contributed by atoms with Crippen LogP contribution in [0, 0.1) is 5.92 Å². The lowest BCUT2D eigenvalue weighted by molar-refractivity contribution is 0.519. The van der Waals surface area contributed by atoms with Crippen LogP contribution in [-0.2, 0) is 0 Å². The van der Waals surface area contributed by atoms with Gasteiger partial charge in [0.15, 0.2) is 0 Å². The monoisotopic (exact) mass is 243 g/mol. The Labute approximate surface area is 109 Å². The first-order valence-electron chi connectivity index (χ1n) is 6.67. The average molecular weight is 243 g/mol. The Morgan fingerprint density at radius 1 is 1.17 bits per heavy atom. The van der Waals surface area contributed by atoms with Crippen LogP contribution in [0.3, 0.4) is 0 Å². The van der Waals surface area contributed by atoms with Crippen molar-refractivity contribution in [3.05, 3.63) is 42.7 Å². The minimum atomic E-state index is 0.760. The third-order valence-electron chi connectivity index (χ3n) is 3.39. The molecular formula is C15H21N3. The minimum absolute atomic E-state index is 0.760. The first-order chi connectivity index (χ1) is 8.83. The molecule has 1 heterocycles. The Bertz CT molecular complexity index is 441. The quantitative estimate of drug-likeness (QED) is 0.838. The average Bonchev–Trinajstić information content (AvgIpc) is 2.94. The van der Waals surface area contributed by atoms with Crippen LogP contribution < -0.4 is 5.32 Å². The molecule has 0 radical (unpaired) electrons. The van der Waals surface area contributed by atoms with Gasteiger partial charge in [-0.05, 0) is 36.2 Å². The Hall–Kier alpha value is -1.77. The van der Waals surface area contributed by atoms with Crippen LogP contribution in [0.2, 0.25) is 0 Å². The van der Waals surface area contributed by atoms with E-state index < -0.39 is 0 Å². The second-order valence-electron chi connectivity index (χ2n) is 4.56. The molecule has 3 nitrogen and oxygen atoms in total. The fraction of sp³-hybridized carbons (Fsp3) is 0.400. The molecule has 0 unspecified atom stereocenters. The molecule has 18 heavy (non-hydrogen) atoms. The summed E-state index contributed by atoms with van der Waals surface area (Å²) >= 11 is 0. The summed E-state index contributed by atoms with van der Waals surface area (Å²) in [6.45, 7) is 5.54. The third-order valence-corrected chi connectivity index (χ3v) is 3.39. The predicted molar refractivity (Wildman–Crippen MR) is 76.1 cm³/mol. The number of rotatable bonds is 6. The maximum Gasteiger partial charge on any atom is 0.0647 e. The van der Waals surface area contributed by atoms with Crippen LogP contribution in [-0.4, -0.2) is 16.3 Å². The molecule has 0 saturated carbocycles. The second kappa shape index (κ2) is 6.24. The third kappa shape index (κ3) is 3.13. The van der Waals surface area contributed by atoms with Crippen LogP contribution in [0.5, 0.6) is 0 Å². The van der Waals surface area contributed by atoms with Gasteiger partial charge >= 0.3 is 0 Å². The van der Waals surface area contributed by atoms with Gasteiger partial charge in [0.05, 0.1) is 5.69 Å². The van der Waals surface area contributed by atoms with Crippen molar-refractivity contribution in [1.82, 2.24) is 9.78 Å². The molecule has 2 aromatic rings. The molecule has 96 valence electrons. The van der Waals surface area contributed by atoms with E-state index in [0.29, 0.717) is 0 Å². The molecule has 0 aliphatic rings. The molecule has 2 rings (SSSR count). The van der Waals surface area contributed by atoms with Crippen molar-refractivity contribution in [3.8, 4) is 5.69 Å². The molecule has 0 aliphatic carbocycles. The van der Waals surface area contributed by atoms with Crippen LogP contribution in [0.1, 0.15) is 26.7 Å². The van der Waals surface area contributed by atoms with Crippen molar-refractivity contribution in [2.45, 2.75) is 26.7 Å². The van der Waals surface area contributed by atoms with Gasteiger partial charge in [0, 0.05) is 24.6 Å². The summed E-state index contributed by atoms with van der Waals surface area (Å²) in [6.07, 6.45) is 6.20. The fourth-order valence-corrected chi connectivity index (χ4v) is 1.99. The summed E-state index contributed by atoms with van der Waals surface area (Å²) in [7, 11) is 0. The van der Waals surface area contributed by atoms with E-state index in [-0.39, 0.29) is 0 Å². The summed E-state index contributed by atoms with van der Waals surface area (Å²) in [4.78, 5) is 0. The van der Waals surface area contributed by atoms with Crippen molar-refractivity contribution in [2.75, 3.05) is 11.9 Å². The summed E-state index contributed by atoms with van der Waals surface area (Å²) in [5.74, 6) is 0.760. The zero-order valence-electron chi connectivity index (χ0n) is 11.1. The number of nitrogens with zero attached hydrogens (tertiary/aromatic N) is 2. The highest BCUT2D eigenvalue weighted by Gasteiger charge is 2.03. The topological polar surface area (TPSA) is 29.9 Å². The van der Waals surface area contributed by atoms with E-state index in [9.17, 15) is 0 Å². The van der Waals surface area contributed by atoms with Crippen molar-refractivity contribution in [2.24, 2.45) is 5.92 Å². The lowest BCUT2D eigenvalue weighted by atomic mass is 10.0. The first-order valence-corrected chi connectivity index (χ1v) is 6.67. The Morgan fingerprint density at radius 2 is 1.89 bits per heavy atom. The van der Waals surface area contributed by atoms with Crippen LogP contribution >= 0.6 is 0 Å². The van der Waals surface area contributed by atoms with E-state index in [1.807, 2.05) is 16.9 Å². The maximum absolute atomic E-state index is 4.21. The Kier molecular flexibility index (Phi) is 4.40. The highest BCUT2D eigenvalue weighted by Crippen LogP contribution is 2.14. The van der Waals surface area contributed by atoms with E-state index in [0.717, 1.165) is 18.2 Å². The predicted octanol–water partition coefficient (Wildman–Crippen LogP) is 3.72. The molecule has 1 N–H and O–H groups in total. The van der Waals surface area contributed by atoms with Crippen LogP contribution in [0.25, 0.3) is 5.69 Å². The summed E-state index contributed by atoms with van der Waals surface area (Å²) < 4.78 is 1.87. The Balaban J connectivity index is 1.96. The molecule has 0 aliphatic heterocycles. The number of hydrogen-bond donors (Lipinski definition) is 1. The number of anilines is 1. The fourth-order valence-electron chi connectivity index (χ4n) is 1.99. The van der Waals surface area contributed by atoms with E-state index in [4.69, 9.17) is 0 Å². The minimum Gasteiger partial charge on any atom is -0.385 e. The SMILES string of the molecule is CCC(CC)CNc1ccc(-n2cccn2)cc1. The molecule has 0 fully saturated rings. The van der Waals surface area contributed by atoms with Crippen molar-refractivity contribution in [1.29, 1.82) is 0 Å². The zero-order chi connectivity index (χ0) is 12.8. The maximum atomic E-state index is 4.21. The first kappa shape index (κ1) is 12.7. The van der Waals surface area contributed by atoms with Gasteiger partial charge in [-0.1, -0.05) is 26.7 Å². The summed E-state index contributed by atoms with van der Waals surface area (Å²) in [6, 6.07) is 10.3. The number of nitrogens with one attached hydrogen (secondary N) is 1. The van der Waals surface area contributed by atoms with Crippen LogP contribution in [0.4, 0.5) is 5.69 Å². The second-order valence-corrected chi connectivity index (χ2v) is 4.56. The van der Waals surface area contributed by atoms with E-state index >= 15 is 0 Å². The van der Waals surface area contributed by atoms with Gasteiger partial charge in [-0.15, -0.1) is 0 Å². The highest BCUT2D eigenvalue weighted by molar-refractivity contribution is 5.48. The molecule has 0 bridgehead atoms. The largest absolute Gasteiger partial charge is 0.385 e. The number of hydrogen-bond acceptors (Lipinski definition) is 2. The molecule has 1 aromatic carbocycles. The van der Waals surface area contributed by atoms with Gasteiger partial charge in [-0.25, -0.2) is 4.68 Å². The lowest BCUT2D eigenvalue weighted by Gasteiger charge is -2.14. The van der Waals surface area contributed by atoms with Gasteiger partial charge in [0.25, 0.3) is 0 Å². The highest BCUT2D eigenvalue weighted by atomic mass is 15.3. The van der Waals surface area contributed by atoms with E-state index in [2.05, 4.69) is 48.5 Å².